The Kier molecular flexibility index (Phi) is 5.39. The molecule has 2 aromatic carbocycles. The van der Waals surface area contributed by atoms with Crippen LogP contribution >= 0.6 is 12.4 Å². The predicted molar refractivity (Wildman–Crippen MR) is 111 cm³/mol. The lowest BCUT2D eigenvalue weighted by Gasteiger charge is -2.28. The Balaban J connectivity index is 0.00000205. The van der Waals surface area contributed by atoms with E-state index < -0.39 is 0 Å². The zero-order chi connectivity index (χ0) is 19.1. The van der Waals surface area contributed by atoms with Gasteiger partial charge in [0.2, 0.25) is 0 Å². The molecule has 3 aromatic rings. The summed E-state index contributed by atoms with van der Waals surface area (Å²) in [5.74, 6) is 0.321. The molecule has 2 saturated heterocycles. The standard InChI is InChI=1S/C22H21FN4O.ClH/c23-17-8-4-7-15(9-17)21-18-12-24-11-16(18)13-27(21)22(28)20-10-19(25-26-20)14-5-2-1-3-6-14;/h1-10,16,18,21,24H,11-13H2,(H,25,26);1H/t16-,18-,21+;/m0./s1. The van der Waals surface area contributed by atoms with Crippen LogP contribution in [0.3, 0.4) is 0 Å². The number of halogens is 2. The van der Waals surface area contributed by atoms with Gasteiger partial charge in [-0.1, -0.05) is 42.5 Å². The van der Waals surface area contributed by atoms with Crippen molar-refractivity contribution in [1.82, 2.24) is 20.4 Å². The second-order valence-electron chi connectivity index (χ2n) is 7.57. The molecule has 1 aromatic heterocycles. The Hall–Kier alpha value is -2.70. The van der Waals surface area contributed by atoms with Gasteiger partial charge in [-0.25, -0.2) is 4.39 Å². The topological polar surface area (TPSA) is 61.0 Å². The molecule has 150 valence electrons. The normalized spacial score (nSPS) is 22.9. The molecule has 0 spiro atoms. The number of likely N-dealkylation sites (tertiary alicyclic amines) is 1. The summed E-state index contributed by atoms with van der Waals surface area (Å²) in [7, 11) is 0. The van der Waals surface area contributed by atoms with Crippen molar-refractivity contribution in [2.75, 3.05) is 19.6 Å². The largest absolute Gasteiger partial charge is 0.330 e. The Bertz CT molecular complexity index is 1010. The molecule has 2 fully saturated rings. The third-order valence-electron chi connectivity index (χ3n) is 5.89. The fourth-order valence-electron chi connectivity index (χ4n) is 4.59. The van der Waals surface area contributed by atoms with Gasteiger partial charge in [0.25, 0.3) is 5.91 Å². The maximum atomic E-state index is 13.9. The van der Waals surface area contributed by atoms with Gasteiger partial charge in [0.15, 0.2) is 0 Å². The number of benzene rings is 2. The fourth-order valence-corrected chi connectivity index (χ4v) is 4.59. The number of fused-ring (bicyclic) bond motifs is 1. The first-order valence-electron chi connectivity index (χ1n) is 9.58. The van der Waals surface area contributed by atoms with Crippen molar-refractivity contribution in [1.29, 1.82) is 0 Å². The van der Waals surface area contributed by atoms with E-state index in [4.69, 9.17) is 0 Å². The van der Waals surface area contributed by atoms with Crippen LogP contribution in [0.25, 0.3) is 11.3 Å². The molecular weight excluding hydrogens is 391 g/mol. The second kappa shape index (κ2) is 7.97. The molecule has 3 heterocycles. The van der Waals surface area contributed by atoms with Crippen molar-refractivity contribution in [3.05, 3.63) is 77.7 Å². The van der Waals surface area contributed by atoms with E-state index in [1.54, 1.807) is 18.2 Å². The van der Waals surface area contributed by atoms with Gasteiger partial charge in [-0.2, -0.15) is 5.10 Å². The van der Waals surface area contributed by atoms with Crippen LogP contribution in [0, 0.1) is 17.7 Å². The van der Waals surface area contributed by atoms with E-state index in [2.05, 4.69) is 15.5 Å². The van der Waals surface area contributed by atoms with Crippen molar-refractivity contribution in [2.45, 2.75) is 6.04 Å². The number of nitrogens with zero attached hydrogens (tertiary/aromatic N) is 2. The number of rotatable bonds is 3. The second-order valence-corrected chi connectivity index (χ2v) is 7.57. The molecule has 2 N–H and O–H groups in total. The van der Waals surface area contributed by atoms with E-state index in [9.17, 15) is 9.18 Å². The molecule has 2 aliphatic heterocycles. The Morgan fingerprint density at radius 1 is 1.07 bits per heavy atom. The third-order valence-corrected chi connectivity index (χ3v) is 5.89. The fraction of sp³-hybridized carbons (Fsp3) is 0.273. The van der Waals surface area contributed by atoms with E-state index in [1.165, 1.54) is 6.07 Å². The summed E-state index contributed by atoms with van der Waals surface area (Å²) >= 11 is 0. The van der Waals surface area contributed by atoms with E-state index >= 15 is 0 Å². The van der Waals surface area contributed by atoms with Gasteiger partial charge in [-0.15, -0.1) is 12.4 Å². The Morgan fingerprint density at radius 3 is 2.69 bits per heavy atom. The van der Waals surface area contributed by atoms with Gasteiger partial charge >= 0.3 is 0 Å². The summed E-state index contributed by atoms with van der Waals surface area (Å²) in [6, 6.07) is 18.0. The van der Waals surface area contributed by atoms with Crippen molar-refractivity contribution in [2.24, 2.45) is 11.8 Å². The molecule has 7 heteroatoms. The van der Waals surface area contributed by atoms with E-state index in [0.717, 1.165) is 29.9 Å². The third kappa shape index (κ3) is 3.54. The summed E-state index contributed by atoms with van der Waals surface area (Å²) in [6.07, 6.45) is 0. The molecule has 0 saturated carbocycles. The van der Waals surface area contributed by atoms with Crippen LogP contribution in [0.5, 0.6) is 0 Å². The first-order valence-corrected chi connectivity index (χ1v) is 9.58. The quantitative estimate of drug-likeness (QED) is 0.690. The molecule has 0 unspecified atom stereocenters. The number of H-pyrrole nitrogens is 1. The molecule has 29 heavy (non-hydrogen) atoms. The zero-order valence-corrected chi connectivity index (χ0v) is 16.5. The van der Waals surface area contributed by atoms with Crippen molar-refractivity contribution in [3.8, 4) is 11.3 Å². The predicted octanol–water partition coefficient (Wildman–Crippen LogP) is 3.67. The lowest BCUT2D eigenvalue weighted by Crippen LogP contribution is -2.35. The summed E-state index contributed by atoms with van der Waals surface area (Å²) < 4.78 is 13.9. The summed E-state index contributed by atoms with van der Waals surface area (Å²) in [5.41, 5.74) is 3.02. The number of carbonyl (C=O) groups is 1. The molecule has 0 radical (unpaired) electrons. The molecule has 5 nitrogen and oxygen atoms in total. The van der Waals surface area contributed by atoms with Crippen molar-refractivity contribution < 1.29 is 9.18 Å². The van der Waals surface area contributed by atoms with Crippen LogP contribution in [0.1, 0.15) is 22.1 Å². The minimum absolute atomic E-state index is 0. The molecule has 3 atom stereocenters. The number of hydrogen-bond donors (Lipinski definition) is 2. The van der Waals surface area contributed by atoms with E-state index in [-0.39, 0.29) is 30.2 Å². The Morgan fingerprint density at radius 2 is 1.90 bits per heavy atom. The summed E-state index contributed by atoms with van der Waals surface area (Å²) in [5, 5.41) is 10.6. The highest BCUT2D eigenvalue weighted by Gasteiger charge is 2.47. The molecule has 0 aliphatic carbocycles. The molecule has 2 aliphatic rings. The highest BCUT2D eigenvalue weighted by atomic mass is 35.5. The summed E-state index contributed by atoms with van der Waals surface area (Å²) in [4.78, 5) is 15.2. The van der Waals surface area contributed by atoms with Crippen molar-refractivity contribution in [3.63, 3.8) is 0 Å². The number of amides is 1. The van der Waals surface area contributed by atoms with E-state index in [1.807, 2.05) is 41.3 Å². The zero-order valence-electron chi connectivity index (χ0n) is 15.7. The monoisotopic (exact) mass is 412 g/mol. The van der Waals surface area contributed by atoms with Gasteiger partial charge in [-0.3, -0.25) is 9.89 Å². The van der Waals surface area contributed by atoms with Crippen LogP contribution < -0.4 is 5.32 Å². The minimum atomic E-state index is -0.271. The van der Waals surface area contributed by atoms with Gasteiger partial charge < -0.3 is 10.2 Å². The van der Waals surface area contributed by atoms with Gasteiger partial charge in [0.05, 0.1) is 11.7 Å². The maximum absolute atomic E-state index is 13.9. The first kappa shape index (κ1) is 19.6. The highest BCUT2D eigenvalue weighted by molar-refractivity contribution is 5.94. The lowest BCUT2D eigenvalue weighted by molar-refractivity contribution is 0.0707. The smallest absolute Gasteiger partial charge is 0.272 e. The lowest BCUT2D eigenvalue weighted by atomic mass is 9.89. The van der Waals surface area contributed by atoms with Crippen LogP contribution in [0.15, 0.2) is 60.7 Å². The minimum Gasteiger partial charge on any atom is -0.330 e. The molecule has 1 amide bonds. The van der Waals surface area contributed by atoms with Crippen LogP contribution in [0.2, 0.25) is 0 Å². The van der Waals surface area contributed by atoms with Crippen LogP contribution in [-0.2, 0) is 0 Å². The number of carbonyl (C=O) groups excluding carboxylic acids is 1. The summed E-state index contributed by atoms with van der Waals surface area (Å²) in [6.45, 7) is 2.39. The molecule has 5 rings (SSSR count). The van der Waals surface area contributed by atoms with Gasteiger partial charge in [0.1, 0.15) is 11.5 Å². The van der Waals surface area contributed by atoms with E-state index in [0.29, 0.717) is 24.1 Å². The number of aromatic amines is 1. The number of aromatic nitrogens is 2. The average Bonchev–Trinajstić information content (AvgIpc) is 3.44. The average molecular weight is 413 g/mol. The van der Waals surface area contributed by atoms with Crippen LogP contribution in [0.4, 0.5) is 4.39 Å². The Labute approximate surface area is 174 Å². The SMILES string of the molecule is Cl.O=C(c1cc(-c2ccccc2)n[nH]1)N1C[C@@H]2CNC[C@@H]2[C@H]1c1cccc(F)c1. The first-order chi connectivity index (χ1) is 13.7. The highest BCUT2D eigenvalue weighted by Crippen LogP contribution is 2.43. The molecule has 0 bridgehead atoms. The maximum Gasteiger partial charge on any atom is 0.272 e. The number of hydrogen-bond acceptors (Lipinski definition) is 3. The van der Waals surface area contributed by atoms with Gasteiger partial charge in [-0.05, 0) is 29.7 Å². The molecular formula is C22H22ClFN4O. The number of nitrogens with one attached hydrogen (secondary N) is 2. The van der Waals surface area contributed by atoms with Gasteiger partial charge in [0, 0.05) is 31.1 Å². The van der Waals surface area contributed by atoms with Crippen molar-refractivity contribution >= 4 is 18.3 Å². The van der Waals surface area contributed by atoms with Crippen LogP contribution in [-0.4, -0.2) is 40.6 Å².